The van der Waals surface area contributed by atoms with Gasteiger partial charge in [0, 0.05) is 43.3 Å². The number of benzene rings is 2. The van der Waals surface area contributed by atoms with Crippen molar-refractivity contribution < 1.29 is 19.4 Å². The number of carbonyl (C=O) groups is 1. The second-order valence-corrected chi connectivity index (χ2v) is 7.68. The molecule has 1 aliphatic rings. The zero-order valence-electron chi connectivity index (χ0n) is 16.6. The number of nitrogens with one attached hydrogen (secondary N) is 1. The van der Waals surface area contributed by atoms with Gasteiger partial charge in [0.1, 0.15) is 22.8 Å². The van der Waals surface area contributed by atoms with E-state index in [1.165, 1.54) is 13.2 Å². The van der Waals surface area contributed by atoms with Crippen molar-refractivity contribution in [3.05, 3.63) is 57.6 Å². The molecule has 1 saturated heterocycles. The number of aromatic hydroxyl groups is 1. The molecule has 0 unspecified atom stereocenters. The third kappa shape index (κ3) is 5.18. The summed E-state index contributed by atoms with van der Waals surface area (Å²) in [4.78, 5) is 15.2. The predicted octanol–water partition coefficient (Wildman–Crippen LogP) is 3.47. The van der Waals surface area contributed by atoms with E-state index in [1.54, 1.807) is 19.3 Å². The third-order valence-corrected chi connectivity index (χ3v) is 5.38. The van der Waals surface area contributed by atoms with Crippen molar-refractivity contribution in [3.63, 3.8) is 0 Å². The number of rotatable bonds is 7. The van der Waals surface area contributed by atoms with Crippen molar-refractivity contribution in [3.8, 4) is 17.2 Å². The van der Waals surface area contributed by atoms with Crippen LogP contribution in [-0.4, -0.2) is 56.2 Å². The molecule has 154 valence electrons. The number of ketones is 1. The molecule has 0 spiro atoms. The molecule has 0 saturated carbocycles. The van der Waals surface area contributed by atoms with Crippen LogP contribution in [0.1, 0.15) is 21.5 Å². The topological polar surface area (TPSA) is 71.0 Å². The van der Waals surface area contributed by atoms with E-state index in [2.05, 4.69) is 26.1 Å². The molecule has 2 aromatic carbocycles. The number of halogens is 1. The van der Waals surface area contributed by atoms with Crippen LogP contribution in [0.4, 0.5) is 0 Å². The number of hydrogen-bond donors (Lipinski definition) is 2. The van der Waals surface area contributed by atoms with Gasteiger partial charge in [-0.25, -0.2) is 0 Å². The Morgan fingerprint density at radius 3 is 2.59 bits per heavy atom. The molecule has 1 fully saturated rings. The Morgan fingerprint density at radius 1 is 1.21 bits per heavy atom. The zero-order chi connectivity index (χ0) is 20.8. The van der Waals surface area contributed by atoms with Crippen LogP contribution in [0.2, 0.25) is 0 Å². The lowest BCUT2D eigenvalue weighted by Gasteiger charge is -2.28. The van der Waals surface area contributed by atoms with Gasteiger partial charge in [-0.2, -0.15) is 0 Å². The standard InChI is InChI=1S/C22H25BrN2O4/c1-28-19-13-20(29-2)21(18(26)7-6-15-4-3-5-16(23)12-15)22(27)17(19)14-25-10-8-24-9-11-25/h3-7,12-13,24,27H,8-11,14H2,1-2H3/b7-6+. The Hall–Kier alpha value is -2.35. The summed E-state index contributed by atoms with van der Waals surface area (Å²) < 4.78 is 11.8. The van der Waals surface area contributed by atoms with E-state index in [-0.39, 0.29) is 22.8 Å². The molecule has 0 aliphatic carbocycles. The number of phenols is 1. The number of carbonyl (C=O) groups excluding carboxylic acids is 1. The van der Waals surface area contributed by atoms with E-state index in [0.717, 1.165) is 36.2 Å². The number of piperazine rings is 1. The highest BCUT2D eigenvalue weighted by Crippen LogP contribution is 2.39. The molecule has 2 N–H and O–H groups in total. The normalized spacial score (nSPS) is 14.9. The number of methoxy groups -OCH3 is 2. The highest BCUT2D eigenvalue weighted by atomic mass is 79.9. The van der Waals surface area contributed by atoms with E-state index < -0.39 is 0 Å². The van der Waals surface area contributed by atoms with E-state index in [4.69, 9.17) is 9.47 Å². The summed E-state index contributed by atoms with van der Waals surface area (Å²) >= 11 is 3.42. The van der Waals surface area contributed by atoms with Crippen LogP contribution in [0.3, 0.4) is 0 Å². The van der Waals surface area contributed by atoms with Crippen molar-refractivity contribution in [1.82, 2.24) is 10.2 Å². The van der Waals surface area contributed by atoms with Crippen LogP contribution < -0.4 is 14.8 Å². The van der Waals surface area contributed by atoms with Crippen LogP contribution >= 0.6 is 15.9 Å². The highest BCUT2D eigenvalue weighted by molar-refractivity contribution is 9.10. The lowest BCUT2D eigenvalue weighted by Crippen LogP contribution is -2.42. The van der Waals surface area contributed by atoms with Gasteiger partial charge in [-0.3, -0.25) is 9.69 Å². The van der Waals surface area contributed by atoms with E-state index in [1.807, 2.05) is 24.3 Å². The molecule has 3 rings (SSSR count). The molecule has 0 amide bonds. The molecular formula is C22H25BrN2O4. The van der Waals surface area contributed by atoms with Gasteiger partial charge >= 0.3 is 0 Å². The average molecular weight is 461 g/mol. The van der Waals surface area contributed by atoms with Crippen LogP contribution in [0.15, 0.2) is 40.9 Å². The smallest absolute Gasteiger partial charge is 0.193 e. The van der Waals surface area contributed by atoms with Gasteiger partial charge in [0.25, 0.3) is 0 Å². The summed E-state index contributed by atoms with van der Waals surface area (Å²) in [6.45, 7) is 4.00. The first-order chi connectivity index (χ1) is 14.0. The second kappa shape index (κ2) is 9.91. The van der Waals surface area contributed by atoms with Crippen molar-refractivity contribution in [2.45, 2.75) is 6.54 Å². The Balaban J connectivity index is 1.95. The number of nitrogens with zero attached hydrogens (tertiary/aromatic N) is 1. The first-order valence-electron chi connectivity index (χ1n) is 9.41. The maximum absolute atomic E-state index is 12.9. The molecule has 7 heteroatoms. The minimum atomic E-state index is -0.330. The molecule has 1 aliphatic heterocycles. The maximum Gasteiger partial charge on any atom is 0.193 e. The maximum atomic E-state index is 12.9. The molecule has 0 aromatic heterocycles. The number of phenolic OH excluding ortho intramolecular Hbond substituents is 1. The summed E-state index contributed by atoms with van der Waals surface area (Å²) in [7, 11) is 3.02. The van der Waals surface area contributed by atoms with Crippen molar-refractivity contribution in [2.75, 3.05) is 40.4 Å². The first-order valence-corrected chi connectivity index (χ1v) is 10.2. The first kappa shape index (κ1) is 21.4. The van der Waals surface area contributed by atoms with Gasteiger partial charge in [-0.1, -0.05) is 34.1 Å². The van der Waals surface area contributed by atoms with Crippen molar-refractivity contribution >= 4 is 27.8 Å². The fraction of sp³-hybridized carbons (Fsp3) is 0.318. The number of ether oxygens (including phenoxy) is 2. The number of allylic oxidation sites excluding steroid dienone is 1. The van der Waals surface area contributed by atoms with Gasteiger partial charge in [0.05, 0.1) is 19.8 Å². The van der Waals surface area contributed by atoms with Gasteiger partial charge in [0.15, 0.2) is 5.78 Å². The summed E-state index contributed by atoms with van der Waals surface area (Å²) in [5, 5.41) is 14.3. The van der Waals surface area contributed by atoms with Gasteiger partial charge in [-0.05, 0) is 23.8 Å². The Kier molecular flexibility index (Phi) is 7.30. The third-order valence-electron chi connectivity index (χ3n) is 4.88. The highest BCUT2D eigenvalue weighted by Gasteiger charge is 2.24. The molecule has 6 nitrogen and oxygen atoms in total. The summed E-state index contributed by atoms with van der Waals surface area (Å²) in [6, 6.07) is 9.28. The van der Waals surface area contributed by atoms with E-state index >= 15 is 0 Å². The summed E-state index contributed by atoms with van der Waals surface area (Å²) in [5.74, 6) is 0.366. The number of hydrogen-bond acceptors (Lipinski definition) is 6. The average Bonchev–Trinajstić information content (AvgIpc) is 2.74. The van der Waals surface area contributed by atoms with Gasteiger partial charge < -0.3 is 19.9 Å². The summed E-state index contributed by atoms with van der Waals surface area (Å²) in [5.41, 5.74) is 1.61. The molecule has 0 bridgehead atoms. The quantitative estimate of drug-likeness (QED) is 0.486. The molecule has 29 heavy (non-hydrogen) atoms. The fourth-order valence-corrected chi connectivity index (χ4v) is 3.77. The van der Waals surface area contributed by atoms with Crippen LogP contribution in [0.5, 0.6) is 17.2 Å². The monoisotopic (exact) mass is 460 g/mol. The van der Waals surface area contributed by atoms with Crippen molar-refractivity contribution in [2.24, 2.45) is 0 Å². The zero-order valence-corrected chi connectivity index (χ0v) is 18.2. The Morgan fingerprint density at radius 2 is 1.93 bits per heavy atom. The van der Waals surface area contributed by atoms with Gasteiger partial charge in [-0.15, -0.1) is 0 Å². The predicted molar refractivity (Wildman–Crippen MR) is 117 cm³/mol. The van der Waals surface area contributed by atoms with Crippen LogP contribution in [0.25, 0.3) is 6.08 Å². The lowest BCUT2D eigenvalue weighted by atomic mass is 10.0. The minimum absolute atomic E-state index is 0.0939. The Bertz CT molecular complexity index is 908. The lowest BCUT2D eigenvalue weighted by molar-refractivity contribution is 0.104. The summed E-state index contributed by atoms with van der Waals surface area (Å²) in [6.07, 6.45) is 3.16. The minimum Gasteiger partial charge on any atom is -0.507 e. The fourth-order valence-electron chi connectivity index (χ4n) is 3.36. The second-order valence-electron chi connectivity index (χ2n) is 6.76. The molecular weight excluding hydrogens is 436 g/mol. The SMILES string of the molecule is COc1cc(OC)c(C(=O)/C=C/c2cccc(Br)c2)c(O)c1CN1CCNCC1. The van der Waals surface area contributed by atoms with Crippen molar-refractivity contribution in [1.29, 1.82) is 0 Å². The van der Waals surface area contributed by atoms with Gasteiger partial charge in [0.2, 0.25) is 0 Å². The van der Waals surface area contributed by atoms with E-state index in [9.17, 15) is 9.90 Å². The van der Waals surface area contributed by atoms with Crippen LogP contribution in [0, 0.1) is 0 Å². The molecule has 0 radical (unpaired) electrons. The largest absolute Gasteiger partial charge is 0.507 e. The van der Waals surface area contributed by atoms with E-state index in [0.29, 0.717) is 17.9 Å². The van der Waals surface area contributed by atoms with Crippen LogP contribution in [-0.2, 0) is 6.54 Å². The molecule has 0 atom stereocenters. The Labute approximate surface area is 179 Å². The molecule has 1 heterocycles. The molecule has 2 aromatic rings.